The van der Waals surface area contributed by atoms with Gasteiger partial charge in [0.2, 0.25) is 0 Å². The third-order valence-electron chi connectivity index (χ3n) is 4.26. The molecule has 1 heteroatoms. The van der Waals surface area contributed by atoms with E-state index < -0.39 is 0 Å². The molecule has 23 heavy (non-hydrogen) atoms. The van der Waals surface area contributed by atoms with Crippen molar-refractivity contribution in [3.8, 4) is 0 Å². The van der Waals surface area contributed by atoms with Gasteiger partial charge in [0.15, 0.2) is 0 Å². The van der Waals surface area contributed by atoms with Crippen LogP contribution in [0, 0.1) is 19.7 Å². The predicted molar refractivity (Wildman–Crippen MR) is 98.1 cm³/mol. The van der Waals surface area contributed by atoms with Gasteiger partial charge in [0.1, 0.15) is 5.82 Å². The fraction of sp³-hybridized carbons (Fsp3) is 0.273. The molecule has 0 saturated carbocycles. The van der Waals surface area contributed by atoms with E-state index in [0.717, 1.165) is 40.7 Å². The average Bonchev–Trinajstić information content (AvgIpc) is 2.52. The van der Waals surface area contributed by atoms with Gasteiger partial charge in [-0.05, 0) is 55.5 Å². The molecule has 0 nitrogen and oxygen atoms in total. The molecule has 0 saturated heterocycles. The minimum Gasteiger partial charge on any atom is -0.206 e. The maximum Gasteiger partial charge on any atom is 0.131 e. The van der Waals surface area contributed by atoms with Crippen molar-refractivity contribution in [2.45, 2.75) is 40.5 Å². The molecule has 0 aliphatic rings. The zero-order chi connectivity index (χ0) is 17.0. The van der Waals surface area contributed by atoms with Crippen molar-refractivity contribution in [1.29, 1.82) is 0 Å². The third-order valence-corrected chi connectivity index (χ3v) is 4.26. The van der Waals surface area contributed by atoms with Crippen LogP contribution in [0.25, 0.3) is 5.57 Å². The van der Waals surface area contributed by atoms with Crippen molar-refractivity contribution in [3.05, 3.63) is 88.3 Å². The number of hydrogen-bond acceptors (Lipinski definition) is 0. The topological polar surface area (TPSA) is 0 Å². The molecule has 0 aliphatic carbocycles. The summed E-state index contributed by atoms with van der Waals surface area (Å²) < 4.78 is 14.5. The van der Waals surface area contributed by atoms with Crippen molar-refractivity contribution >= 4 is 5.57 Å². The van der Waals surface area contributed by atoms with Crippen molar-refractivity contribution in [2.24, 2.45) is 0 Å². The highest BCUT2D eigenvalue weighted by Gasteiger charge is 2.16. The van der Waals surface area contributed by atoms with Gasteiger partial charge < -0.3 is 0 Å². The highest BCUT2D eigenvalue weighted by Crippen LogP contribution is 2.34. The Balaban J connectivity index is 2.76. The van der Waals surface area contributed by atoms with Crippen molar-refractivity contribution in [2.75, 3.05) is 0 Å². The molecule has 2 aromatic rings. The minimum atomic E-state index is -0.188. The molecule has 2 aromatic carbocycles. The van der Waals surface area contributed by atoms with Crippen LogP contribution in [0.1, 0.15) is 48.9 Å². The van der Waals surface area contributed by atoms with Crippen LogP contribution in [0.4, 0.5) is 4.39 Å². The highest BCUT2D eigenvalue weighted by molar-refractivity contribution is 5.85. The first-order valence-electron chi connectivity index (χ1n) is 8.17. The molecule has 0 spiro atoms. The summed E-state index contributed by atoms with van der Waals surface area (Å²) in [5, 5.41) is 0. The lowest BCUT2D eigenvalue weighted by atomic mass is 9.86. The van der Waals surface area contributed by atoms with E-state index in [1.54, 1.807) is 6.07 Å². The first kappa shape index (κ1) is 17.2. The lowest BCUT2D eigenvalue weighted by Crippen LogP contribution is -2.00. The number of rotatable bonds is 5. The SMILES string of the molecule is C=C(CCC)/C(C)=C(/c1cc(C)ccc1C)c1ccccc1F. The Morgan fingerprint density at radius 1 is 1.04 bits per heavy atom. The first-order valence-corrected chi connectivity index (χ1v) is 8.17. The number of allylic oxidation sites excluding steroid dienone is 2. The number of benzene rings is 2. The fourth-order valence-electron chi connectivity index (χ4n) is 2.88. The summed E-state index contributed by atoms with van der Waals surface area (Å²) in [6.45, 7) is 12.6. The van der Waals surface area contributed by atoms with E-state index in [1.807, 2.05) is 12.1 Å². The molecule has 0 fully saturated rings. The molecule has 0 aromatic heterocycles. The zero-order valence-electron chi connectivity index (χ0n) is 14.5. The van der Waals surface area contributed by atoms with Gasteiger partial charge in [-0.3, -0.25) is 0 Å². The molecule has 2 rings (SSSR count). The normalized spacial score (nSPS) is 12.0. The summed E-state index contributed by atoms with van der Waals surface area (Å²) in [5.74, 6) is -0.188. The van der Waals surface area contributed by atoms with Crippen LogP contribution in [0.5, 0.6) is 0 Å². The summed E-state index contributed by atoms with van der Waals surface area (Å²) >= 11 is 0. The Morgan fingerprint density at radius 3 is 2.39 bits per heavy atom. The van der Waals surface area contributed by atoms with Gasteiger partial charge in [-0.1, -0.05) is 67.5 Å². The van der Waals surface area contributed by atoms with E-state index in [1.165, 1.54) is 11.6 Å². The molecular weight excluding hydrogens is 283 g/mol. The summed E-state index contributed by atoms with van der Waals surface area (Å²) in [4.78, 5) is 0. The second kappa shape index (κ2) is 7.41. The standard InChI is InChI=1S/C22H25F/c1-6-9-16(3)18(5)22(19-10-7-8-11-21(19)23)20-14-15(2)12-13-17(20)4/h7-8,10-14H,3,6,9H2,1-2,4-5H3/b22-18+. The highest BCUT2D eigenvalue weighted by atomic mass is 19.1. The molecule has 0 bridgehead atoms. The zero-order valence-corrected chi connectivity index (χ0v) is 14.5. The average molecular weight is 308 g/mol. The first-order chi connectivity index (χ1) is 11.0. The predicted octanol–water partition coefficient (Wildman–Crippen LogP) is 6.62. The smallest absolute Gasteiger partial charge is 0.131 e. The number of halogens is 1. The number of hydrogen-bond donors (Lipinski definition) is 0. The quantitative estimate of drug-likeness (QED) is 0.544. The van der Waals surface area contributed by atoms with Gasteiger partial charge >= 0.3 is 0 Å². The second-order valence-corrected chi connectivity index (χ2v) is 6.15. The van der Waals surface area contributed by atoms with E-state index in [4.69, 9.17) is 0 Å². The fourth-order valence-corrected chi connectivity index (χ4v) is 2.88. The lowest BCUT2D eigenvalue weighted by Gasteiger charge is -2.18. The molecular formula is C22H25F. The van der Waals surface area contributed by atoms with Crippen LogP contribution in [-0.2, 0) is 0 Å². The molecule has 0 amide bonds. The Kier molecular flexibility index (Phi) is 5.54. The summed E-state index contributed by atoms with van der Waals surface area (Å²) in [6, 6.07) is 13.3. The van der Waals surface area contributed by atoms with Gasteiger partial charge in [-0.2, -0.15) is 0 Å². The minimum absolute atomic E-state index is 0.188. The van der Waals surface area contributed by atoms with Gasteiger partial charge in [-0.25, -0.2) is 4.39 Å². The maximum atomic E-state index is 14.5. The molecule has 120 valence electrons. The largest absolute Gasteiger partial charge is 0.206 e. The van der Waals surface area contributed by atoms with Crippen molar-refractivity contribution < 1.29 is 4.39 Å². The van der Waals surface area contributed by atoms with E-state index in [0.29, 0.717) is 5.56 Å². The Labute approximate surface area is 139 Å². The van der Waals surface area contributed by atoms with Crippen molar-refractivity contribution in [1.82, 2.24) is 0 Å². The van der Waals surface area contributed by atoms with E-state index in [9.17, 15) is 4.39 Å². The monoisotopic (exact) mass is 308 g/mol. The van der Waals surface area contributed by atoms with E-state index in [-0.39, 0.29) is 5.82 Å². The van der Waals surface area contributed by atoms with Crippen LogP contribution in [-0.4, -0.2) is 0 Å². The summed E-state index contributed by atoms with van der Waals surface area (Å²) in [5.41, 5.74) is 7.17. The molecule has 0 unspecified atom stereocenters. The van der Waals surface area contributed by atoms with Gasteiger partial charge in [-0.15, -0.1) is 0 Å². The molecule has 0 heterocycles. The molecule has 0 atom stereocenters. The molecule has 0 aliphatic heterocycles. The summed E-state index contributed by atoms with van der Waals surface area (Å²) in [7, 11) is 0. The van der Waals surface area contributed by atoms with Crippen LogP contribution in [0.15, 0.2) is 60.2 Å². The summed E-state index contributed by atoms with van der Waals surface area (Å²) in [6.07, 6.45) is 1.96. The molecule has 0 radical (unpaired) electrons. The van der Waals surface area contributed by atoms with Gasteiger partial charge in [0.25, 0.3) is 0 Å². The van der Waals surface area contributed by atoms with Crippen LogP contribution < -0.4 is 0 Å². The van der Waals surface area contributed by atoms with Crippen molar-refractivity contribution in [3.63, 3.8) is 0 Å². The van der Waals surface area contributed by atoms with Crippen LogP contribution in [0.3, 0.4) is 0 Å². The lowest BCUT2D eigenvalue weighted by molar-refractivity contribution is 0.624. The third kappa shape index (κ3) is 3.79. The second-order valence-electron chi connectivity index (χ2n) is 6.15. The van der Waals surface area contributed by atoms with Crippen LogP contribution in [0.2, 0.25) is 0 Å². The van der Waals surface area contributed by atoms with Gasteiger partial charge in [0.05, 0.1) is 0 Å². The van der Waals surface area contributed by atoms with Gasteiger partial charge in [0, 0.05) is 5.56 Å². The van der Waals surface area contributed by atoms with Crippen LogP contribution >= 0.6 is 0 Å². The van der Waals surface area contributed by atoms with E-state index in [2.05, 4.69) is 52.5 Å². The number of aryl methyl sites for hydroxylation is 2. The van der Waals surface area contributed by atoms with E-state index >= 15 is 0 Å². The Hall–Kier alpha value is -2.15. The maximum absolute atomic E-state index is 14.5. The molecule has 0 N–H and O–H groups in total. The Morgan fingerprint density at radius 2 is 1.74 bits per heavy atom. The Bertz CT molecular complexity index is 750.